The van der Waals surface area contributed by atoms with Gasteiger partial charge in [0.25, 0.3) is 0 Å². The average Bonchev–Trinajstić information content (AvgIpc) is 2.56. The molecule has 1 aliphatic rings. The molecule has 0 spiro atoms. The zero-order valence-corrected chi connectivity index (χ0v) is 12.2. The maximum atomic E-state index is 9.70. The second kappa shape index (κ2) is 9.15. The number of hydrogen-bond acceptors (Lipinski definition) is 11. The summed E-state index contributed by atoms with van der Waals surface area (Å²) in [5.41, 5.74) is 0. The molecule has 0 bridgehead atoms. The first-order valence-electron chi connectivity index (χ1n) is 6.99. The van der Waals surface area contributed by atoms with E-state index in [4.69, 9.17) is 19.7 Å². The smallest absolute Gasteiger partial charge is 0.186 e. The van der Waals surface area contributed by atoms with Crippen molar-refractivity contribution < 1.29 is 55.4 Å². The Balaban J connectivity index is 2.55. The molecular formula is C12H24O11. The molecule has 138 valence electrons. The molecule has 0 radical (unpaired) electrons. The number of rotatable bonds is 8. The van der Waals surface area contributed by atoms with Crippen LogP contribution in [0.1, 0.15) is 0 Å². The predicted octanol–water partition coefficient (Wildman–Crippen LogP) is -5.76. The highest BCUT2D eigenvalue weighted by molar-refractivity contribution is 4.89. The minimum atomic E-state index is -1.86. The van der Waals surface area contributed by atoms with E-state index in [9.17, 15) is 35.7 Å². The van der Waals surface area contributed by atoms with Crippen molar-refractivity contribution in [1.29, 1.82) is 0 Å². The van der Waals surface area contributed by atoms with Crippen LogP contribution in [0.15, 0.2) is 0 Å². The molecule has 0 aromatic heterocycles. The summed E-state index contributed by atoms with van der Waals surface area (Å²) in [7, 11) is 0. The van der Waals surface area contributed by atoms with Crippen molar-refractivity contribution in [3.8, 4) is 0 Å². The summed E-state index contributed by atoms with van der Waals surface area (Å²) in [6.07, 6.45) is -14.7. The number of hydrogen-bond donors (Lipinski definition) is 9. The lowest BCUT2D eigenvalue weighted by Crippen LogP contribution is -2.59. The molecule has 1 rings (SSSR count). The average molecular weight is 344 g/mol. The van der Waals surface area contributed by atoms with Gasteiger partial charge in [-0.05, 0) is 0 Å². The first-order chi connectivity index (χ1) is 10.7. The van der Waals surface area contributed by atoms with Gasteiger partial charge in [0.1, 0.15) is 48.8 Å². The molecule has 9 N–H and O–H groups in total. The summed E-state index contributed by atoms with van der Waals surface area (Å²) in [5, 5.41) is 84.4. The summed E-state index contributed by atoms with van der Waals surface area (Å²) in [6, 6.07) is 0. The lowest BCUT2D eigenvalue weighted by Gasteiger charge is -2.40. The van der Waals surface area contributed by atoms with Gasteiger partial charge in [0.05, 0.1) is 19.8 Å². The van der Waals surface area contributed by atoms with Gasteiger partial charge in [-0.2, -0.15) is 0 Å². The number of aliphatic hydroxyl groups is 9. The van der Waals surface area contributed by atoms with Crippen LogP contribution < -0.4 is 0 Å². The van der Waals surface area contributed by atoms with Gasteiger partial charge in [0, 0.05) is 0 Å². The quantitative estimate of drug-likeness (QED) is 0.203. The fourth-order valence-corrected chi connectivity index (χ4v) is 2.06. The number of ether oxygens (including phenoxy) is 2. The van der Waals surface area contributed by atoms with Gasteiger partial charge >= 0.3 is 0 Å². The molecule has 9 atom stereocenters. The minimum Gasteiger partial charge on any atom is -0.394 e. The van der Waals surface area contributed by atoms with E-state index < -0.39 is 74.9 Å². The lowest BCUT2D eigenvalue weighted by atomic mass is 9.99. The first kappa shape index (κ1) is 20.6. The van der Waals surface area contributed by atoms with Gasteiger partial charge < -0.3 is 55.4 Å². The van der Waals surface area contributed by atoms with E-state index in [-0.39, 0.29) is 0 Å². The molecule has 11 nitrogen and oxygen atoms in total. The second-order valence-corrected chi connectivity index (χ2v) is 5.33. The molecule has 23 heavy (non-hydrogen) atoms. The van der Waals surface area contributed by atoms with Crippen LogP contribution >= 0.6 is 0 Å². The fourth-order valence-electron chi connectivity index (χ4n) is 2.06. The zero-order valence-electron chi connectivity index (χ0n) is 12.2. The lowest BCUT2D eigenvalue weighted by molar-refractivity contribution is -0.306. The molecule has 1 saturated heterocycles. The standard InChI is InChI=1S/C12H24O11/c13-1-4(15)7(17)8(18)5(16)3-22-12-11(21)10(20)9(19)6(2-14)23-12/h4-21H,1-3H2/t4-,5+,6-,7-,8-,9-,10+,11-,12-/m1/s1. The summed E-state index contributed by atoms with van der Waals surface area (Å²) >= 11 is 0. The van der Waals surface area contributed by atoms with Gasteiger partial charge in [0.2, 0.25) is 0 Å². The van der Waals surface area contributed by atoms with Gasteiger partial charge in [-0.1, -0.05) is 0 Å². The molecule has 11 heteroatoms. The van der Waals surface area contributed by atoms with Crippen molar-refractivity contribution in [3.05, 3.63) is 0 Å². The monoisotopic (exact) mass is 344 g/mol. The third kappa shape index (κ3) is 5.01. The molecule has 0 aromatic rings. The molecule has 0 aliphatic carbocycles. The van der Waals surface area contributed by atoms with Crippen LogP contribution in [0.25, 0.3) is 0 Å². The van der Waals surface area contributed by atoms with Crippen LogP contribution in [0.5, 0.6) is 0 Å². The molecule has 1 heterocycles. The van der Waals surface area contributed by atoms with Crippen LogP contribution in [0, 0.1) is 0 Å². The Morgan fingerprint density at radius 3 is 1.91 bits per heavy atom. The molecule has 0 saturated carbocycles. The molecule has 1 aliphatic heterocycles. The van der Waals surface area contributed by atoms with Gasteiger partial charge in [-0.15, -0.1) is 0 Å². The SMILES string of the molecule is OC[C@@H](O)[C@@H](O)[C@H](O)[C@@H](O)CO[C@@H]1O[C@H](CO)[C@@H](O)[C@H](O)[C@H]1O. The maximum absolute atomic E-state index is 9.70. The van der Waals surface area contributed by atoms with Crippen molar-refractivity contribution in [2.24, 2.45) is 0 Å². The van der Waals surface area contributed by atoms with Crippen molar-refractivity contribution >= 4 is 0 Å². The summed E-state index contributed by atoms with van der Waals surface area (Å²) < 4.78 is 9.99. The normalized spacial score (nSPS) is 37.2. The Morgan fingerprint density at radius 2 is 1.39 bits per heavy atom. The topological polar surface area (TPSA) is 201 Å². The maximum Gasteiger partial charge on any atom is 0.186 e. The van der Waals surface area contributed by atoms with Crippen molar-refractivity contribution in [2.45, 2.75) is 55.1 Å². The van der Waals surface area contributed by atoms with Crippen LogP contribution in [0.2, 0.25) is 0 Å². The summed E-state index contributed by atoms with van der Waals surface area (Å²) in [5.74, 6) is 0. The first-order valence-corrected chi connectivity index (χ1v) is 6.99. The predicted molar refractivity (Wildman–Crippen MR) is 70.8 cm³/mol. The Bertz CT molecular complexity index is 341. The third-order valence-electron chi connectivity index (χ3n) is 3.61. The second-order valence-electron chi connectivity index (χ2n) is 5.33. The molecular weight excluding hydrogens is 320 g/mol. The number of aliphatic hydroxyl groups excluding tert-OH is 9. The molecule has 1 fully saturated rings. The molecule has 0 unspecified atom stereocenters. The van der Waals surface area contributed by atoms with Gasteiger partial charge in [-0.25, -0.2) is 0 Å². The van der Waals surface area contributed by atoms with E-state index in [1.54, 1.807) is 0 Å². The van der Waals surface area contributed by atoms with E-state index in [0.717, 1.165) is 0 Å². The Hall–Kier alpha value is -0.440. The Labute approximate surface area is 131 Å². The van der Waals surface area contributed by atoms with Crippen molar-refractivity contribution in [2.75, 3.05) is 19.8 Å². The third-order valence-corrected chi connectivity index (χ3v) is 3.61. The van der Waals surface area contributed by atoms with Crippen LogP contribution in [-0.2, 0) is 9.47 Å². The van der Waals surface area contributed by atoms with E-state index in [2.05, 4.69) is 0 Å². The van der Waals surface area contributed by atoms with Gasteiger partial charge in [0.15, 0.2) is 6.29 Å². The highest BCUT2D eigenvalue weighted by Crippen LogP contribution is 2.22. The van der Waals surface area contributed by atoms with Crippen LogP contribution in [0.3, 0.4) is 0 Å². The zero-order chi connectivity index (χ0) is 17.7. The Morgan fingerprint density at radius 1 is 0.826 bits per heavy atom. The van der Waals surface area contributed by atoms with E-state index in [0.29, 0.717) is 0 Å². The fraction of sp³-hybridized carbons (Fsp3) is 1.00. The van der Waals surface area contributed by atoms with Gasteiger partial charge in [-0.3, -0.25) is 0 Å². The van der Waals surface area contributed by atoms with Crippen molar-refractivity contribution in [1.82, 2.24) is 0 Å². The van der Waals surface area contributed by atoms with E-state index in [1.807, 2.05) is 0 Å². The van der Waals surface area contributed by atoms with E-state index in [1.165, 1.54) is 0 Å². The molecule has 0 amide bonds. The van der Waals surface area contributed by atoms with Crippen LogP contribution in [-0.4, -0.2) is 121 Å². The summed E-state index contributed by atoms with van der Waals surface area (Å²) in [6.45, 7) is -2.16. The van der Waals surface area contributed by atoms with Crippen molar-refractivity contribution in [3.63, 3.8) is 0 Å². The van der Waals surface area contributed by atoms with Crippen LogP contribution in [0.4, 0.5) is 0 Å². The summed E-state index contributed by atoms with van der Waals surface area (Å²) in [4.78, 5) is 0. The highest BCUT2D eigenvalue weighted by Gasteiger charge is 2.44. The highest BCUT2D eigenvalue weighted by atomic mass is 16.7. The van der Waals surface area contributed by atoms with E-state index >= 15 is 0 Å². The largest absolute Gasteiger partial charge is 0.394 e. The minimum absolute atomic E-state index is 0.655. The Kier molecular flexibility index (Phi) is 8.20. The molecule has 0 aromatic carbocycles.